The molecule has 0 aliphatic carbocycles. The summed E-state index contributed by atoms with van der Waals surface area (Å²) >= 11 is 0. The van der Waals surface area contributed by atoms with Gasteiger partial charge in [0.2, 0.25) is 17.5 Å². The standard InChI is InChI=1S/C26H34F2N8O2/c1-17-16-38-14-13-36(17)22-15-21(26(24(27)28)32-18-5-2-3-6-19(18)33-26)30-25(31-22)35-11-9-34(10-12-35)23(37)20-7-4-8-29-20/h2-3,5-6,15,17,20,24,29,32-33H,4,7-14,16H2,1H3/t17-,20-/m0/s1. The summed E-state index contributed by atoms with van der Waals surface area (Å²) in [6.07, 6.45) is -0.915. The van der Waals surface area contributed by atoms with E-state index in [9.17, 15) is 13.6 Å². The highest BCUT2D eigenvalue weighted by atomic mass is 19.3. The number of piperazine rings is 1. The molecule has 3 N–H and O–H groups in total. The molecule has 4 aliphatic rings. The summed E-state index contributed by atoms with van der Waals surface area (Å²) in [5.41, 5.74) is -0.516. The molecule has 1 aromatic heterocycles. The molecule has 3 fully saturated rings. The van der Waals surface area contributed by atoms with E-state index in [1.807, 2.05) is 28.9 Å². The average molecular weight is 529 g/mol. The fourth-order valence-corrected chi connectivity index (χ4v) is 5.73. The Morgan fingerprint density at radius 3 is 2.47 bits per heavy atom. The van der Waals surface area contributed by atoms with Crippen LogP contribution in [0.3, 0.4) is 0 Å². The Balaban J connectivity index is 1.32. The molecule has 0 radical (unpaired) electrons. The number of fused-ring (bicyclic) bond motifs is 1. The third-order valence-corrected chi connectivity index (χ3v) is 7.92. The largest absolute Gasteiger partial charge is 0.377 e. The number of carbonyl (C=O) groups excluding carboxylic acids is 1. The number of alkyl halides is 2. The molecule has 0 bridgehead atoms. The molecule has 38 heavy (non-hydrogen) atoms. The first kappa shape index (κ1) is 25.1. The zero-order chi connectivity index (χ0) is 26.3. The van der Waals surface area contributed by atoms with Gasteiger partial charge in [-0.15, -0.1) is 0 Å². The molecule has 1 amide bonds. The van der Waals surface area contributed by atoms with Crippen molar-refractivity contribution in [1.29, 1.82) is 0 Å². The van der Waals surface area contributed by atoms with E-state index in [0.717, 1.165) is 19.4 Å². The summed E-state index contributed by atoms with van der Waals surface area (Å²) in [6, 6.07) is 8.75. The van der Waals surface area contributed by atoms with E-state index in [1.165, 1.54) is 0 Å². The number of carbonyl (C=O) groups is 1. The van der Waals surface area contributed by atoms with E-state index < -0.39 is 12.1 Å². The number of nitrogens with zero attached hydrogens (tertiary/aromatic N) is 5. The van der Waals surface area contributed by atoms with E-state index in [1.54, 1.807) is 18.2 Å². The van der Waals surface area contributed by atoms with Crippen LogP contribution in [0.25, 0.3) is 0 Å². The normalized spacial score (nSPS) is 24.8. The van der Waals surface area contributed by atoms with Crippen molar-refractivity contribution in [3.05, 3.63) is 36.0 Å². The zero-order valence-electron chi connectivity index (χ0n) is 21.5. The fourth-order valence-electron chi connectivity index (χ4n) is 5.73. The number of rotatable bonds is 5. The molecule has 4 aliphatic heterocycles. The Bertz CT molecular complexity index is 1140. The van der Waals surface area contributed by atoms with Crippen LogP contribution in [0.1, 0.15) is 25.5 Å². The monoisotopic (exact) mass is 528 g/mol. The number of hydrogen-bond donors (Lipinski definition) is 3. The van der Waals surface area contributed by atoms with E-state index in [2.05, 4.69) is 20.9 Å². The average Bonchev–Trinajstić information content (AvgIpc) is 3.62. The molecule has 5 heterocycles. The lowest BCUT2D eigenvalue weighted by molar-refractivity contribution is -0.133. The van der Waals surface area contributed by atoms with Gasteiger partial charge in [-0.1, -0.05) is 12.1 Å². The third-order valence-electron chi connectivity index (χ3n) is 7.92. The second kappa shape index (κ2) is 10.1. The number of morpholine rings is 1. The Hall–Kier alpha value is -3.25. The number of hydrogen-bond acceptors (Lipinski definition) is 9. The van der Waals surface area contributed by atoms with E-state index in [4.69, 9.17) is 14.7 Å². The molecule has 6 rings (SSSR count). The van der Waals surface area contributed by atoms with Crippen molar-refractivity contribution in [3.63, 3.8) is 0 Å². The highest BCUT2D eigenvalue weighted by molar-refractivity contribution is 5.82. The first-order valence-corrected chi connectivity index (χ1v) is 13.4. The van der Waals surface area contributed by atoms with Gasteiger partial charge in [0.25, 0.3) is 6.43 Å². The first-order valence-electron chi connectivity index (χ1n) is 13.4. The van der Waals surface area contributed by atoms with Crippen LogP contribution < -0.4 is 25.8 Å². The lowest BCUT2D eigenvalue weighted by Crippen LogP contribution is -2.53. The number of benzene rings is 1. The van der Waals surface area contributed by atoms with Crippen molar-refractivity contribution in [2.75, 3.05) is 72.9 Å². The molecule has 3 saturated heterocycles. The summed E-state index contributed by atoms with van der Waals surface area (Å²) in [4.78, 5) is 28.4. The Labute approximate surface area is 220 Å². The van der Waals surface area contributed by atoms with Gasteiger partial charge in [-0.05, 0) is 38.4 Å². The van der Waals surface area contributed by atoms with Crippen molar-refractivity contribution in [1.82, 2.24) is 20.2 Å². The van der Waals surface area contributed by atoms with Gasteiger partial charge in [-0.3, -0.25) is 4.79 Å². The minimum Gasteiger partial charge on any atom is -0.377 e. The molecule has 10 nitrogen and oxygen atoms in total. The molecule has 2 atom stereocenters. The van der Waals surface area contributed by atoms with E-state index >= 15 is 0 Å². The molecule has 1 aromatic carbocycles. The molecular formula is C26H34F2N8O2. The second-order valence-corrected chi connectivity index (χ2v) is 10.4. The minimum absolute atomic E-state index is 0.0388. The third kappa shape index (κ3) is 4.49. The van der Waals surface area contributed by atoms with Crippen LogP contribution in [-0.4, -0.2) is 91.8 Å². The Morgan fingerprint density at radius 2 is 1.84 bits per heavy atom. The summed E-state index contributed by atoms with van der Waals surface area (Å²) in [6.45, 7) is 6.72. The summed E-state index contributed by atoms with van der Waals surface area (Å²) in [5, 5.41) is 9.31. The summed E-state index contributed by atoms with van der Waals surface area (Å²) in [5.74, 6) is 1.12. The molecule has 0 unspecified atom stereocenters. The van der Waals surface area contributed by atoms with E-state index in [0.29, 0.717) is 69.1 Å². The van der Waals surface area contributed by atoms with Gasteiger partial charge in [0.05, 0.1) is 42.4 Å². The second-order valence-electron chi connectivity index (χ2n) is 10.4. The number of nitrogens with one attached hydrogen (secondary N) is 3. The summed E-state index contributed by atoms with van der Waals surface area (Å²) < 4.78 is 35.4. The van der Waals surface area contributed by atoms with Crippen molar-refractivity contribution in [2.24, 2.45) is 0 Å². The van der Waals surface area contributed by atoms with Crippen LogP contribution in [-0.2, 0) is 15.2 Å². The van der Waals surface area contributed by atoms with Crippen LogP contribution in [0.2, 0.25) is 0 Å². The predicted octanol–water partition coefficient (Wildman–Crippen LogP) is 2.06. The lowest BCUT2D eigenvalue weighted by Gasteiger charge is -2.38. The molecule has 0 spiro atoms. The van der Waals surface area contributed by atoms with Gasteiger partial charge in [-0.25, -0.2) is 13.8 Å². The van der Waals surface area contributed by atoms with Crippen LogP contribution in [0.15, 0.2) is 30.3 Å². The van der Waals surface area contributed by atoms with Gasteiger partial charge >= 0.3 is 0 Å². The number of para-hydroxylation sites is 2. The first-order chi connectivity index (χ1) is 18.4. The van der Waals surface area contributed by atoms with Crippen LogP contribution in [0, 0.1) is 0 Å². The maximum Gasteiger partial charge on any atom is 0.285 e. The van der Waals surface area contributed by atoms with Gasteiger partial charge in [0, 0.05) is 38.8 Å². The Kier molecular flexibility index (Phi) is 6.68. The smallest absolute Gasteiger partial charge is 0.285 e. The van der Waals surface area contributed by atoms with E-state index in [-0.39, 0.29) is 23.7 Å². The van der Waals surface area contributed by atoms with Crippen molar-refractivity contribution >= 4 is 29.0 Å². The predicted molar refractivity (Wildman–Crippen MR) is 141 cm³/mol. The highest BCUT2D eigenvalue weighted by Crippen LogP contribution is 2.43. The van der Waals surface area contributed by atoms with Crippen LogP contribution >= 0.6 is 0 Å². The van der Waals surface area contributed by atoms with Crippen molar-refractivity contribution in [3.8, 4) is 0 Å². The fraction of sp³-hybridized carbons (Fsp3) is 0.577. The number of ether oxygens (including phenoxy) is 1. The van der Waals surface area contributed by atoms with Crippen molar-refractivity contribution in [2.45, 2.75) is 43.9 Å². The number of aromatic nitrogens is 2. The maximum absolute atomic E-state index is 14.9. The Morgan fingerprint density at radius 1 is 1.11 bits per heavy atom. The van der Waals surface area contributed by atoms with Crippen LogP contribution in [0.5, 0.6) is 0 Å². The summed E-state index contributed by atoms with van der Waals surface area (Å²) in [7, 11) is 0. The lowest BCUT2D eigenvalue weighted by atomic mass is 10.1. The quantitative estimate of drug-likeness (QED) is 0.539. The van der Waals surface area contributed by atoms with Gasteiger partial charge in [0.1, 0.15) is 5.82 Å². The number of amides is 1. The number of halogens is 2. The highest BCUT2D eigenvalue weighted by Gasteiger charge is 2.49. The zero-order valence-corrected chi connectivity index (χ0v) is 21.5. The SMILES string of the molecule is C[C@H]1COCCN1c1cc(C2(C(F)F)Nc3ccccc3N2)nc(N2CCN(C(=O)[C@@H]3CCCN3)CC2)n1. The number of anilines is 4. The van der Waals surface area contributed by atoms with Crippen LogP contribution in [0.4, 0.5) is 31.9 Å². The molecular weight excluding hydrogens is 494 g/mol. The molecule has 204 valence electrons. The topological polar surface area (TPSA) is 97.9 Å². The molecule has 0 saturated carbocycles. The van der Waals surface area contributed by atoms with Crippen molar-refractivity contribution < 1.29 is 18.3 Å². The van der Waals surface area contributed by atoms with Gasteiger partial charge in [-0.2, -0.15) is 4.98 Å². The molecule has 2 aromatic rings. The molecule has 12 heteroatoms. The minimum atomic E-state index is -2.79. The van der Waals surface area contributed by atoms with Gasteiger partial charge in [0.15, 0.2) is 0 Å². The maximum atomic E-state index is 14.9. The van der Waals surface area contributed by atoms with Gasteiger partial charge < -0.3 is 35.4 Å².